The molecule has 0 saturated heterocycles. The Kier molecular flexibility index (Phi) is 5.90. The summed E-state index contributed by atoms with van der Waals surface area (Å²) in [7, 11) is 0. The van der Waals surface area contributed by atoms with Crippen LogP contribution in [0, 0.1) is 17.3 Å². The molecule has 0 aliphatic heterocycles. The number of aromatic nitrogens is 2. The lowest BCUT2D eigenvalue weighted by Crippen LogP contribution is -2.45. The molecule has 0 unspecified atom stereocenters. The molecule has 1 aromatic heterocycles. The maximum atomic E-state index is 11.7. The molecule has 0 spiro atoms. The molecular weight excluding hydrogens is 516 g/mol. The third kappa shape index (κ3) is 3.94. The maximum absolute atomic E-state index is 11.7. The Morgan fingerprint density at radius 1 is 1.03 bits per heavy atom. The van der Waals surface area contributed by atoms with Crippen LogP contribution < -0.4 is 0 Å². The molecule has 3 aliphatic rings. The zero-order valence-corrected chi connectivity index (χ0v) is 22.3. The number of aromatic hydroxyl groups is 1. The summed E-state index contributed by atoms with van der Waals surface area (Å²) in [4.78, 5) is 11.7. The minimum absolute atomic E-state index is 0.0391. The van der Waals surface area contributed by atoms with E-state index in [1.54, 1.807) is 0 Å². The average Bonchev–Trinajstić information content (AvgIpc) is 3.19. The number of esters is 1. The van der Waals surface area contributed by atoms with E-state index >= 15 is 0 Å². The summed E-state index contributed by atoms with van der Waals surface area (Å²) in [5.74, 6) is 1.73. The van der Waals surface area contributed by atoms with Gasteiger partial charge in [0.1, 0.15) is 11.9 Å². The Morgan fingerprint density at radius 3 is 2.50 bits per heavy atom. The summed E-state index contributed by atoms with van der Waals surface area (Å²) < 4.78 is 6.81. The van der Waals surface area contributed by atoms with E-state index < -0.39 is 0 Å². The third-order valence-electron chi connectivity index (χ3n) is 9.14. The van der Waals surface area contributed by atoms with Crippen molar-refractivity contribution < 1.29 is 14.6 Å². The van der Waals surface area contributed by atoms with Gasteiger partial charge in [-0.25, -0.2) is 0 Å². The topological polar surface area (TPSA) is 72.3 Å². The summed E-state index contributed by atoms with van der Waals surface area (Å²) in [5, 5.41) is 19.9. The predicted molar refractivity (Wildman–Crippen MR) is 142 cm³/mol. The van der Waals surface area contributed by atoms with Gasteiger partial charge < -0.3 is 9.84 Å². The van der Waals surface area contributed by atoms with E-state index in [-0.39, 0.29) is 23.2 Å². The lowest BCUT2D eigenvalue weighted by atomic mass is 9.55. The van der Waals surface area contributed by atoms with Crippen LogP contribution >= 0.6 is 15.9 Å². The minimum atomic E-state index is -0.162. The number of hydrogen-bond acceptors (Lipinski definition) is 5. The minimum Gasteiger partial charge on any atom is -0.507 e. The van der Waals surface area contributed by atoms with Gasteiger partial charge in [0.15, 0.2) is 0 Å². The van der Waals surface area contributed by atoms with Crippen molar-refractivity contribution in [1.82, 2.24) is 10.2 Å². The van der Waals surface area contributed by atoms with Gasteiger partial charge in [-0.05, 0) is 104 Å². The number of phenolic OH excluding ortho intramolecular Hbond substituents is 1. The Morgan fingerprint density at radius 2 is 1.78 bits per heavy atom. The van der Waals surface area contributed by atoms with Crippen LogP contribution in [0.2, 0.25) is 0 Å². The van der Waals surface area contributed by atoms with Crippen LogP contribution in [0.3, 0.4) is 0 Å². The van der Waals surface area contributed by atoms with E-state index in [0.29, 0.717) is 23.4 Å². The Hall–Kier alpha value is -2.73. The Bertz CT molecular complexity index is 1310. The first-order valence-electron chi connectivity index (χ1n) is 13.0. The molecule has 0 bridgehead atoms. The first-order chi connectivity index (χ1) is 17.3. The molecule has 2 saturated carbocycles. The first-order valence-corrected chi connectivity index (χ1v) is 13.8. The number of halogens is 1. The fraction of sp³-hybridized carbons (Fsp3) is 0.433. The molecule has 3 aliphatic carbocycles. The highest BCUT2D eigenvalue weighted by Crippen LogP contribution is 2.62. The molecule has 2 fully saturated rings. The number of aryl methyl sites for hydroxylation is 1. The van der Waals surface area contributed by atoms with E-state index in [1.807, 2.05) is 42.5 Å². The smallest absolute Gasteiger partial charge is 0.302 e. The standard InChI is InChI=1S/C30H31BrN2O3/c1-17(34)36-29-12-9-25-22-8-5-19-15-28(35)24(16-23(19)21(22)13-14-30(25,29)2)27-11-10-26(32-33-27)18-3-6-20(31)7-4-18/h3-4,6-7,10-11,15-16,21-22,25,29,35H,5,8-9,12-14H2,1-2H3/t21-,22+,25-,29-,30-/m0/s1. The number of carbonyl (C=O) groups excluding carboxylic acids is 1. The summed E-state index contributed by atoms with van der Waals surface area (Å²) in [5.41, 5.74) is 5.93. The van der Waals surface area contributed by atoms with E-state index in [1.165, 1.54) is 18.1 Å². The van der Waals surface area contributed by atoms with E-state index in [2.05, 4.69) is 39.1 Å². The molecular formula is C30H31BrN2O3. The molecule has 0 radical (unpaired) electrons. The lowest BCUT2D eigenvalue weighted by molar-refractivity contribution is -0.154. The van der Waals surface area contributed by atoms with Crippen molar-refractivity contribution in [2.45, 2.75) is 64.4 Å². The van der Waals surface area contributed by atoms with Gasteiger partial charge in [0, 0.05) is 27.9 Å². The number of benzene rings is 2. The molecule has 6 rings (SSSR count). The van der Waals surface area contributed by atoms with Crippen molar-refractivity contribution in [3.63, 3.8) is 0 Å². The molecule has 5 nitrogen and oxygen atoms in total. The predicted octanol–water partition coefficient (Wildman–Crippen LogP) is 7.07. The number of rotatable bonds is 3. The number of hydrogen-bond donors (Lipinski definition) is 1. The molecule has 6 heteroatoms. The normalized spacial score (nSPS) is 28.6. The maximum Gasteiger partial charge on any atom is 0.302 e. The second-order valence-electron chi connectivity index (χ2n) is 11.0. The van der Waals surface area contributed by atoms with Gasteiger partial charge in [0.25, 0.3) is 0 Å². The van der Waals surface area contributed by atoms with Gasteiger partial charge in [-0.3, -0.25) is 4.79 Å². The first kappa shape index (κ1) is 23.7. The molecule has 186 valence electrons. The van der Waals surface area contributed by atoms with Gasteiger partial charge >= 0.3 is 5.97 Å². The van der Waals surface area contributed by atoms with E-state index in [4.69, 9.17) is 4.74 Å². The molecule has 2 aromatic carbocycles. The van der Waals surface area contributed by atoms with Crippen LogP contribution in [0.1, 0.15) is 63.0 Å². The number of ether oxygens (including phenoxy) is 1. The number of phenols is 1. The van der Waals surface area contributed by atoms with E-state index in [9.17, 15) is 9.90 Å². The monoisotopic (exact) mass is 546 g/mol. The van der Waals surface area contributed by atoms with Crippen molar-refractivity contribution in [3.8, 4) is 28.3 Å². The second-order valence-corrected chi connectivity index (χ2v) is 11.9. The molecule has 1 heterocycles. The van der Waals surface area contributed by atoms with Gasteiger partial charge in [-0.2, -0.15) is 0 Å². The zero-order chi connectivity index (χ0) is 25.0. The summed E-state index contributed by atoms with van der Waals surface area (Å²) in [6.07, 6.45) is 6.39. The SMILES string of the molecule is CC(=O)O[C@H]1CC[C@H]2[C@@H]3CCc4cc(O)c(-c5ccc(-c6ccc(Br)cc6)nn5)cc4[C@H]3CC[C@]12C. The molecule has 36 heavy (non-hydrogen) atoms. The third-order valence-corrected chi connectivity index (χ3v) is 9.67. The largest absolute Gasteiger partial charge is 0.507 e. The number of carbonyl (C=O) groups is 1. The fourth-order valence-electron chi connectivity index (χ4n) is 7.41. The Balaban J connectivity index is 1.30. The molecule has 3 aromatic rings. The van der Waals surface area contributed by atoms with Gasteiger partial charge in [-0.15, -0.1) is 10.2 Å². The Labute approximate surface area is 220 Å². The fourth-order valence-corrected chi connectivity index (χ4v) is 7.67. The summed E-state index contributed by atoms with van der Waals surface area (Å²) in [6, 6.07) is 16.0. The van der Waals surface area contributed by atoms with Crippen molar-refractivity contribution in [3.05, 3.63) is 64.1 Å². The molecule has 5 atom stereocenters. The van der Waals surface area contributed by atoms with E-state index in [0.717, 1.165) is 59.8 Å². The second kappa shape index (κ2) is 8.98. The lowest BCUT2D eigenvalue weighted by Gasteiger charge is -2.50. The van der Waals surface area contributed by atoms with Crippen LogP contribution in [-0.4, -0.2) is 27.4 Å². The van der Waals surface area contributed by atoms with Crippen LogP contribution in [-0.2, 0) is 16.0 Å². The van der Waals surface area contributed by atoms with Crippen LogP contribution in [0.15, 0.2) is 53.0 Å². The number of nitrogens with zero attached hydrogens (tertiary/aromatic N) is 2. The quantitative estimate of drug-likeness (QED) is 0.355. The molecule has 0 amide bonds. The van der Waals surface area contributed by atoms with Gasteiger partial charge in [-0.1, -0.05) is 35.0 Å². The zero-order valence-electron chi connectivity index (χ0n) is 20.7. The van der Waals surface area contributed by atoms with Crippen molar-refractivity contribution >= 4 is 21.9 Å². The highest BCUT2D eigenvalue weighted by atomic mass is 79.9. The van der Waals surface area contributed by atoms with Crippen LogP contribution in [0.5, 0.6) is 5.75 Å². The highest BCUT2D eigenvalue weighted by Gasteiger charge is 2.56. The van der Waals surface area contributed by atoms with Crippen molar-refractivity contribution in [2.24, 2.45) is 17.3 Å². The average molecular weight is 547 g/mol. The van der Waals surface area contributed by atoms with Crippen molar-refractivity contribution in [1.29, 1.82) is 0 Å². The molecule has 1 N–H and O–H groups in total. The van der Waals surface area contributed by atoms with Crippen LogP contribution in [0.4, 0.5) is 0 Å². The van der Waals surface area contributed by atoms with Gasteiger partial charge in [0.05, 0.1) is 11.4 Å². The summed E-state index contributed by atoms with van der Waals surface area (Å²) >= 11 is 3.47. The summed E-state index contributed by atoms with van der Waals surface area (Å²) in [6.45, 7) is 3.87. The van der Waals surface area contributed by atoms with Crippen LogP contribution in [0.25, 0.3) is 22.5 Å². The van der Waals surface area contributed by atoms with Crippen molar-refractivity contribution in [2.75, 3.05) is 0 Å². The number of fused-ring (bicyclic) bond motifs is 5. The highest BCUT2D eigenvalue weighted by molar-refractivity contribution is 9.10. The van der Waals surface area contributed by atoms with Gasteiger partial charge in [0.2, 0.25) is 0 Å².